The second-order valence-electron chi connectivity index (χ2n) is 6.75. The third kappa shape index (κ3) is 1.76. The maximum atomic E-state index is 6.44. The molecule has 0 amide bonds. The summed E-state index contributed by atoms with van der Waals surface area (Å²) in [4.78, 5) is 0. The molecule has 0 spiro atoms. The molecule has 3 nitrogen and oxygen atoms in total. The minimum absolute atomic E-state index is 0.143. The Hall–Kier alpha value is -1.77. The first-order chi connectivity index (χ1) is 9.31. The first-order valence-electron chi connectivity index (χ1n) is 7.27. The van der Waals surface area contributed by atoms with Crippen molar-refractivity contribution in [1.29, 1.82) is 0 Å². The van der Waals surface area contributed by atoms with Gasteiger partial charge >= 0.3 is 0 Å². The summed E-state index contributed by atoms with van der Waals surface area (Å²) in [6, 6.07) is 4.39. The van der Waals surface area contributed by atoms with Gasteiger partial charge in [-0.2, -0.15) is 5.10 Å². The monoisotopic (exact) mass is 269 g/mol. The van der Waals surface area contributed by atoms with Crippen molar-refractivity contribution in [3.63, 3.8) is 0 Å². The first-order valence-corrected chi connectivity index (χ1v) is 7.27. The summed E-state index contributed by atoms with van der Waals surface area (Å²) in [7, 11) is 0. The second kappa shape index (κ2) is 4.11. The quantitative estimate of drug-likeness (QED) is 0.859. The number of aromatic nitrogens is 2. The summed E-state index contributed by atoms with van der Waals surface area (Å²) in [5.74, 6) is 0.817. The normalized spacial score (nSPS) is 16.4. The van der Waals surface area contributed by atoms with Crippen molar-refractivity contribution < 1.29 is 0 Å². The molecule has 1 aromatic heterocycles. The maximum absolute atomic E-state index is 6.44. The lowest BCUT2D eigenvalue weighted by molar-refractivity contribution is 0.519. The van der Waals surface area contributed by atoms with Gasteiger partial charge in [-0.05, 0) is 50.2 Å². The lowest BCUT2D eigenvalue weighted by Crippen LogP contribution is -2.16. The molecule has 1 aliphatic rings. The van der Waals surface area contributed by atoms with Crippen LogP contribution in [-0.2, 0) is 11.8 Å². The molecule has 1 aromatic carbocycles. The average molecular weight is 269 g/mol. The molecule has 1 aliphatic carbocycles. The first kappa shape index (κ1) is 13.2. The number of hydrogen-bond acceptors (Lipinski definition) is 2. The van der Waals surface area contributed by atoms with Crippen LogP contribution in [0, 0.1) is 20.8 Å². The highest BCUT2D eigenvalue weighted by Crippen LogP contribution is 2.42. The van der Waals surface area contributed by atoms with Crippen molar-refractivity contribution in [2.75, 3.05) is 5.73 Å². The number of hydrogen-bond donors (Lipinski definition) is 1. The summed E-state index contributed by atoms with van der Waals surface area (Å²) >= 11 is 0. The highest BCUT2D eigenvalue weighted by Gasteiger charge is 2.36. The van der Waals surface area contributed by atoms with E-state index in [9.17, 15) is 0 Å². The van der Waals surface area contributed by atoms with Gasteiger partial charge in [-0.3, -0.25) is 0 Å². The van der Waals surface area contributed by atoms with Crippen molar-refractivity contribution in [2.24, 2.45) is 0 Å². The summed E-state index contributed by atoms with van der Waals surface area (Å²) in [6.45, 7) is 10.9. The fraction of sp³-hybridized carbons (Fsp3) is 0.471. The number of benzene rings is 1. The Balaban J connectivity index is 2.24. The lowest BCUT2D eigenvalue weighted by Gasteiger charge is -2.19. The van der Waals surface area contributed by atoms with Gasteiger partial charge in [0, 0.05) is 5.56 Å². The molecule has 106 valence electrons. The van der Waals surface area contributed by atoms with E-state index in [1.807, 2.05) is 4.68 Å². The van der Waals surface area contributed by atoms with Crippen LogP contribution < -0.4 is 5.73 Å². The van der Waals surface area contributed by atoms with E-state index in [4.69, 9.17) is 10.8 Å². The van der Waals surface area contributed by atoms with Gasteiger partial charge in [0.1, 0.15) is 5.82 Å². The lowest BCUT2D eigenvalue weighted by atomic mass is 9.87. The number of nitrogen functional groups attached to an aromatic ring is 1. The van der Waals surface area contributed by atoms with E-state index in [2.05, 4.69) is 46.8 Å². The third-order valence-electron chi connectivity index (χ3n) is 4.50. The number of rotatable bonds is 1. The van der Waals surface area contributed by atoms with Gasteiger partial charge in [0.25, 0.3) is 0 Å². The number of aryl methyl sites for hydroxylation is 4. The molecule has 1 heterocycles. The van der Waals surface area contributed by atoms with Crippen molar-refractivity contribution in [3.8, 4) is 5.69 Å². The molecule has 3 heteroatoms. The van der Waals surface area contributed by atoms with Crippen molar-refractivity contribution in [2.45, 2.75) is 52.9 Å². The number of fused-ring (bicyclic) bond motifs is 1. The van der Waals surface area contributed by atoms with Crippen LogP contribution >= 0.6 is 0 Å². The summed E-state index contributed by atoms with van der Waals surface area (Å²) < 4.78 is 1.95. The van der Waals surface area contributed by atoms with E-state index in [0.717, 1.165) is 24.3 Å². The molecule has 0 fully saturated rings. The number of anilines is 1. The van der Waals surface area contributed by atoms with Crippen molar-refractivity contribution in [1.82, 2.24) is 9.78 Å². The van der Waals surface area contributed by atoms with Gasteiger partial charge in [0.2, 0.25) is 0 Å². The van der Waals surface area contributed by atoms with Gasteiger partial charge in [-0.1, -0.05) is 31.5 Å². The minimum atomic E-state index is 0.143. The van der Waals surface area contributed by atoms with Crippen LogP contribution in [0.15, 0.2) is 12.1 Å². The van der Waals surface area contributed by atoms with Crippen molar-refractivity contribution >= 4 is 5.82 Å². The van der Waals surface area contributed by atoms with Crippen LogP contribution in [-0.4, -0.2) is 9.78 Å². The molecule has 0 radical (unpaired) electrons. The highest BCUT2D eigenvalue weighted by molar-refractivity contribution is 5.59. The second-order valence-corrected chi connectivity index (χ2v) is 6.75. The minimum Gasteiger partial charge on any atom is -0.383 e. The fourth-order valence-corrected chi connectivity index (χ4v) is 3.62. The fourth-order valence-electron chi connectivity index (χ4n) is 3.62. The molecule has 0 saturated carbocycles. The molecule has 2 aromatic rings. The third-order valence-corrected chi connectivity index (χ3v) is 4.50. The van der Waals surface area contributed by atoms with Gasteiger partial charge in [-0.25, -0.2) is 4.68 Å². The molecular weight excluding hydrogens is 246 g/mol. The van der Waals surface area contributed by atoms with E-state index in [1.54, 1.807) is 0 Å². The van der Waals surface area contributed by atoms with Gasteiger partial charge in [-0.15, -0.1) is 0 Å². The van der Waals surface area contributed by atoms with Crippen molar-refractivity contribution in [3.05, 3.63) is 40.1 Å². The highest BCUT2D eigenvalue weighted by atomic mass is 15.3. The predicted molar refractivity (Wildman–Crippen MR) is 83.5 cm³/mol. The molecule has 0 atom stereocenters. The Kier molecular flexibility index (Phi) is 2.72. The smallest absolute Gasteiger partial charge is 0.131 e. The molecule has 0 bridgehead atoms. The van der Waals surface area contributed by atoms with Crippen LogP contribution in [0.1, 0.15) is 48.2 Å². The predicted octanol–water partition coefficient (Wildman–Crippen LogP) is 3.60. The maximum Gasteiger partial charge on any atom is 0.131 e. The Morgan fingerprint density at radius 3 is 2.30 bits per heavy atom. The zero-order valence-corrected chi connectivity index (χ0v) is 13.0. The average Bonchev–Trinajstić information content (AvgIpc) is 2.78. The molecule has 3 rings (SSSR count). The zero-order chi connectivity index (χ0) is 14.7. The van der Waals surface area contributed by atoms with Gasteiger partial charge in [0.05, 0.1) is 11.4 Å². The SMILES string of the molecule is Cc1cc(C)c(-n2nc3c(c2N)C(C)(C)CC3)c(C)c1. The van der Waals surface area contributed by atoms with Crippen LogP contribution in [0.25, 0.3) is 5.69 Å². The Morgan fingerprint density at radius 2 is 1.75 bits per heavy atom. The zero-order valence-electron chi connectivity index (χ0n) is 13.0. The molecule has 0 saturated heterocycles. The number of nitrogens with zero attached hydrogens (tertiary/aromatic N) is 2. The molecule has 0 unspecified atom stereocenters. The number of nitrogens with two attached hydrogens (primary N) is 1. The van der Waals surface area contributed by atoms with Crippen LogP contribution in [0.4, 0.5) is 5.82 Å². The largest absolute Gasteiger partial charge is 0.383 e. The van der Waals surface area contributed by atoms with E-state index < -0.39 is 0 Å². The molecule has 20 heavy (non-hydrogen) atoms. The van der Waals surface area contributed by atoms with Gasteiger partial charge in [0.15, 0.2) is 0 Å². The van der Waals surface area contributed by atoms with E-state index >= 15 is 0 Å². The Morgan fingerprint density at radius 1 is 1.15 bits per heavy atom. The van der Waals surface area contributed by atoms with E-state index in [0.29, 0.717) is 0 Å². The van der Waals surface area contributed by atoms with Crippen LogP contribution in [0.2, 0.25) is 0 Å². The summed E-state index contributed by atoms with van der Waals surface area (Å²) in [5, 5.41) is 4.80. The Bertz CT molecular complexity index is 669. The molecule has 0 aliphatic heterocycles. The standard InChI is InChI=1S/C17H23N3/c1-10-8-11(2)15(12(3)9-10)20-16(18)14-13(19-20)6-7-17(14,4)5/h8-9H,6-7,18H2,1-5H3. The Labute approximate surface area is 120 Å². The molecule has 2 N–H and O–H groups in total. The van der Waals surface area contributed by atoms with Crippen LogP contribution in [0.5, 0.6) is 0 Å². The summed E-state index contributed by atoms with van der Waals surface area (Å²) in [6.07, 6.45) is 2.17. The topological polar surface area (TPSA) is 43.8 Å². The molecular formula is C17H23N3. The van der Waals surface area contributed by atoms with Crippen LogP contribution in [0.3, 0.4) is 0 Å². The van der Waals surface area contributed by atoms with E-state index in [-0.39, 0.29) is 5.41 Å². The van der Waals surface area contributed by atoms with E-state index in [1.165, 1.54) is 27.9 Å². The summed E-state index contributed by atoms with van der Waals surface area (Å²) in [5.41, 5.74) is 13.9. The van der Waals surface area contributed by atoms with Gasteiger partial charge < -0.3 is 5.73 Å².